The second-order valence-electron chi connectivity index (χ2n) is 3.84. The molecule has 2 rings (SSSR count). The van der Waals surface area contributed by atoms with Crippen LogP contribution in [0.2, 0.25) is 0 Å². The van der Waals surface area contributed by atoms with Crippen molar-refractivity contribution < 1.29 is 15.0 Å². The minimum Gasteiger partial charge on any atom is -0.481 e. The molecular weight excluding hydrogens is 264 g/mol. The molecular formula is C9H11BrN2O3. The van der Waals surface area contributed by atoms with E-state index in [1.807, 2.05) is 0 Å². The number of aryl methyl sites for hydroxylation is 2. The summed E-state index contributed by atoms with van der Waals surface area (Å²) in [6.45, 7) is 0. The van der Waals surface area contributed by atoms with Crippen molar-refractivity contribution in [1.29, 1.82) is 0 Å². The fourth-order valence-corrected chi connectivity index (χ4v) is 2.75. The minimum atomic E-state index is -1.27. The normalized spacial score (nSPS) is 24.2. The summed E-state index contributed by atoms with van der Waals surface area (Å²) >= 11 is 3.31. The maximum Gasteiger partial charge on any atom is 0.306 e. The van der Waals surface area contributed by atoms with Crippen molar-refractivity contribution in [2.45, 2.75) is 24.9 Å². The topological polar surface area (TPSA) is 75.3 Å². The third-order valence-corrected chi connectivity index (χ3v) is 3.64. The molecule has 6 heteroatoms. The van der Waals surface area contributed by atoms with Gasteiger partial charge in [0.05, 0.1) is 12.1 Å². The summed E-state index contributed by atoms with van der Waals surface area (Å²) in [5.41, 5.74) is 0.148. The summed E-state index contributed by atoms with van der Waals surface area (Å²) < 4.78 is 2.27. The first-order valence-corrected chi connectivity index (χ1v) is 5.39. The molecule has 0 fully saturated rings. The van der Waals surface area contributed by atoms with Crippen molar-refractivity contribution in [2.75, 3.05) is 0 Å². The number of hydrogen-bond acceptors (Lipinski definition) is 3. The van der Waals surface area contributed by atoms with E-state index in [0.717, 1.165) is 5.69 Å². The summed E-state index contributed by atoms with van der Waals surface area (Å²) in [5.74, 6) is -0.999. The van der Waals surface area contributed by atoms with Gasteiger partial charge in [-0.1, -0.05) is 0 Å². The van der Waals surface area contributed by atoms with E-state index >= 15 is 0 Å². The Morgan fingerprint density at radius 1 is 1.73 bits per heavy atom. The highest BCUT2D eigenvalue weighted by Gasteiger charge is 2.43. The Labute approximate surface area is 94.8 Å². The van der Waals surface area contributed by atoms with Crippen LogP contribution in [-0.2, 0) is 23.9 Å². The number of carboxylic acids is 1. The average molecular weight is 275 g/mol. The Bertz CT molecular complexity index is 429. The second-order valence-corrected chi connectivity index (χ2v) is 4.59. The number of aliphatic carboxylic acids is 1. The number of rotatable bonds is 2. The predicted molar refractivity (Wildman–Crippen MR) is 55.4 cm³/mol. The van der Waals surface area contributed by atoms with Crippen LogP contribution in [0.3, 0.4) is 0 Å². The molecule has 1 aliphatic rings. The van der Waals surface area contributed by atoms with E-state index in [0.29, 0.717) is 23.0 Å². The van der Waals surface area contributed by atoms with Gasteiger partial charge in [0.2, 0.25) is 0 Å². The highest BCUT2D eigenvalue weighted by molar-refractivity contribution is 9.10. The Morgan fingerprint density at radius 3 is 3.00 bits per heavy atom. The molecule has 0 amide bonds. The van der Waals surface area contributed by atoms with Crippen LogP contribution in [0.25, 0.3) is 0 Å². The van der Waals surface area contributed by atoms with Crippen LogP contribution in [0.4, 0.5) is 0 Å². The highest BCUT2D eigenvalue weighted by Crippen LogP contribution is 2.42. The van der Waals surface area contributed by atoms with E-state index in [9.17, 15) is 9.90 Å². The molecule has 1 aromatic rings. The van der Waals surface area contributed by atoms with Crippen LogP contribution in [-0.4, -0.2) is 26.0 Å². The number of halogens is 1. The molecule has 82 valence electrons. The lowest BCUT2D eigenvalue weighted by Gasteiger charge is -2.20. The monoisotopic (exact) mass is 274 g/mol. The molecule has 0 saturated heterocycles. The fourth-order valence-electron chi connectivity index (χ4n) is 2.07. The third kappa shape index (κ3) is 1.57. The molecule has 0 radical (unpaired) electrons. The summed E-state index contributed by atoms with van der Waals surface area (Å²) in [4.78, 5) is 10.7. The van der Waals surface area contributed by atoms with Gasteiger partial charge in [-0.3, -0.25) is 9.48 Å². The number of nitrogens with zero attached hydrogens (tertiary/aromatic N) is 2. The first-order valence-electron chi connectivity index (χ1n) is 4.60. The molecule has 2 N–H and O–H groups in total. The van der Waals surface area contributed by atoms with E-state index in [-0.39, 0.29) is 6.42 Å². The minimum absolute atomic E-state index is 0.274. The van der Waals surface area contributed by atoms with Gasteiger partial charge in [0.15, 0.2) is 0 Å². The molecule has 0 aromatic carbocycles. The Morgan fingerprint density at radius 2 is 2.40 bits per heavy atom. The largest absolute Gasteiger partial charge is 0.481 e. The van der Waals surface area contributed by atoms with Gasteiger partial charge in [-0.05, 0) is 28.8 Å². The van der Waals surface area contributed by atoms with Crippen LogP contribution in [0, 0.1) is 0 Å². The smallest absolute Gasteiger partial charge is 0.306 e. The zero-order valence-corrected chi connectivity index (χ0v) is 9.78. The van der Waals surface area contributed by atoms with Crippen molar-refractivity contribution in [3.05, 3.63) is 15.9 Å². The quantitative estimate of drug-likeness (QED) is 0.836. The number of carbonyl (C=O) groups is 1. The predicted octanol–water partition coefficient (Wildman–Crippen LogP) is 0.791. The SMILES string of the molecule is Cn1nc2c(c1Br)C(O)(CC(=O)O)CC2. The second kappa shape index (κ2) is 3.31. The average Bonchev–Trinajstić information content (AvgIpc) is 2.54. The zero-order valence-electron chi connectivity index (χ0n) is 8.20. The van der Waals surface area contributed by atoms with E-state index in [1.165, 1.54) is 0 Å². The Kier molecular flexibility index (Phi) is 2.35. The van der Waals surface area contributed by atoms with Gasteiger partial charge in [0, 0.05) is 12.6 Å². The molecule has 0 aliphatic heterocycles. The summed E-state index contributed by atoms with van der Waals surface area (Å²) in [7, 11) is 1.75. The highest BCUT2D eigenvalue weighted by atomic mass is 79.9. The van der Waals surface area contributed by atoms with Gasteiger partial charge in [0.25, 0.3) is 0 Å². The van der Waals surface area contributed by atoms with E-state index in [4.69, 9.17) is 5.11 Å². The van der Waals surface area contributed by atoms with Gasteiger partial charge in [-0.25, -0.2) is 0 Å². The van der Waals surface area contributed by atoms with Crippen molar-refractivity contribution in [3.63, 3.8) is 0 Å². The summed E-state index contributed by atoms with van der Waals surface area (Å²) in [5, 5.41) is 23.2. The molecule has 1 aliphatic carbocycles. The van der Waals surface area contributed by atoms with Gasteiger partial charge < -0.3 is 10.2 Å². The van der Waals surface area contributed by atoms with Gasteiger partial charge >= 0.3 is 5.97 Å². The van der Waals surface area contributed by atoms with Crippen LogP contribution in [0.15, 0.2) is 4.60 Å². The molecule has 1 aromatic heterocycles. The maximum atomic E-state index is 10.7. The first kappa shape index (κ1) is 10.6. The number of fused-ring (bicyclic) bond motifs is 1. The van der Waals surface area contributed by atoms with E-state index in [2.05, 4.69) is 21.0 Å². The molecule has 1 heterocycles. The molecule has 1 atom stereocenters. The molecule has 15 heavy (non-hydrogen) atoms. The van der Waals surface area contributed by atoms with E-state index < -0.39 is 11.6 Å². The number of carboxylic acid groups (broad SMARTS) is 1. The zero-order chi connectivity index (χ0) is 11.2. The van der Waals surface area contributed by atoms with Crippen LogP contribution in [0.1, 0.15) is 24.1 Å². The summed E-state index contributed by atoms with van der Waals surface area (Å²) in [6, 6.07) is 0. The third-order valence-electron chi connectivity index (χ3n) is 2.73. The number of aliphatic hydroxyl groups is 1. The molecule has 0 saturated carbocycles. The molecule has 0 bridgehead atoms. The van der Waals surface area contributed by atoms with E-state index in [1.54, 1.807) is 11.7 Å². The maximum absolute atomic E-state index is 10.7. The van der Waals surface area contributed by atoms with Crippen molar-refractivity contribution in [1.82, 2.24) is 9.78 Å². The van der Waals surface area contributed by atoms with Crippen LogP contribution in [0.5, 0.6) is 0 Å². The molecule has 0 spiro atoms. The molecule has 1 unspecified atom stereocenters. The Balaban J connectivity index is 2.46. The Hall–Kier alpha value is -0.880. The lowest BCUT2D eigenvalue weighted by Crippen LogP contribution is -2.26. The van der Waals surface area contributed by atoms with Crippen molar-refractivity contribution >= 4 is 21.9 Å². The number of aromatic nitrogens is 2. The fraction of sp³-hybridized carbons (Fsp3) is 0.556. The molecule has 5 nitrogen and oxygen atoms in total. The first-order chi connectivity index (χ1) is 6.94. The van der Waals surface area contributed by atoms with Gasteiger partial charge in [0.1, 0.15) is 10.2 Å². The van der Waals surface area contributed by atoms with Gasteiger partial charge in [-0.2, -0.15) is 5.10 Å². The summed E-state index contributed by atoms with van der Waals surface area (Å²) in [6.07, 6.45) is 0.777. The van der Waals surface area contributed by atoms with Crippen LogP contribution < -0.4 is 0 Å². The standard InChI is InChI=1S/C9H11BrN2O3/c1-12-8(10)7-5(11-12)2-3-9(7,15)4-6(13)14/h15H,2-4H2,1H3,(H,13,14). The van der Waals surface area contributed by atoms with Gasteiger partial charge in [-0.15, -0.1) is 0 Å². The number of hydrogen-bond donors (Lipinski definition) is 2. The lowest BCUT2D eigenvalue weighted by atomic mass is 9.94. The van der Waals surface area contributed by atoms with Crippen molar-refractivity contribution in [2.24, 2.45) is 7.05 Å². The van der Waals surface area contributed by atoms with Crippen molar-refractivity contribution in [3.8, 4) is 0 Å². The lowest BCUT2D eigenvalue weighted by molar-refractivity contribution is -0.142. The van der Waals surface area contributed by atoms with Crippen LogP contribution >= 0.6 is 15.9 Å².